The van der Waals surface area contributed by atoms with Gasteiger partial charge >= 0.3 is 0 Å². The second kappa shape index (κ2) is 8.64. The minimum Gasteiger partial charge on any atom is -0.444 e. The molecule has 4 aromatic rings. The Kier molecular flexibility index (Phi) is 5.92. The maximum atomic E-state index is 12.7. The number of rotatable bonds is 5. The van der Waals surface area contributed by atoms with E-state index in [-0.39, 0.29) is 11.3 Å². The molecule has 0 saturated carbocycles. The van der Waals surface area contributed by atoms with Gasteiger partial charge in [-0.2, -0.15) is 0 Å². The lowest BCUT2D eigenvalue weighted by molar-refractivity contribution is 0.0918. The number of fused-ring (bicyclic) bond motifs is 1. The second-order valence-electron chi connectivity index (χ2n) is 8.77. The number of nitrogens with one attached hydrogen (secondary N) is 1. The van der Waals surface area contributed by atoms with Gasteiger partial charge in [-0.1, -0.05) is 87.1 Å². The Morgan fingerprint density at radius 2 is 1.74 bits per heavy atom. The van der Waals surface area contributed by atoms with Gasteiger partial charge in [0.05, 0.1) is 0 Å². The fourth-order valence-electron chi connectivity index (χ4n) is 3.49. The summed E-state index contributed by atoms with van der Waals surface area (Å²) >= 11 is 1.55. The van der Waals surface area contributed by atoms with Gasteiger partial charge in [0.2, 0.25) is 0 Å². The van der Waals surface area contributed by atoms with Crippen molar-refractivity contribution in [2.24, 2.45) is 0 Å². The summed E-state index contributed by atoms with van der Waals surface area (Å²) in [5.41, 5.74) is 3.64. The van der Waals surface area contributed by atoms with Gasteiger partial charge in [-0.3, -0.25) is 4.79 Å². The van der Waals surface area contributed by atoms with Gasteiger partial charge in [-0.15, -0.1) is 0 Å². The van der Waals surface area contributed by atoms with Gasteiger partial charge in [0.1, 0.15) is 0 Å². The minimum atomic E-state index is -0.208. The molecule has 158 valence electrons. The quantitative estimate of drug-likeness (QED) is 0.367. The fourth-order valence-corrected chi connectivity index (χ4v) is 4.39. The van der Waals surface area contributed by atoms with E-state index in [1.54, 1.807) is 17.8 Å². The number of benzene rings is 3. The maximum Gasteiger partial charge on any atom is 0.287 e. The second-order valence-corrected chi connectivity index (χ2v) is 9.82. The third kappa shape index (κ3) is 4.86. The van der Waals surface area contributed by atoms with E-state index in [1.165, 1.54) is 16.5 Å². The molecular weight excluding hydrogens is 402 g/mol. The number of carbonyl (C=O) groups is 1. The third-order valence-corrected chi connectivity index (χ3v) is 6.47. The number of carbonyl (C=O) groups excluding carboxylic acids is 1. The van der Waals surface area contributed by atoms with Crippen molar-refractivity contribution in [3.63, 3.8) is 0 Å². The standard InChI is InChI=1S/C27H27NO2S/c1-18-12-13-21(27(2,3)4)16-24(18)31-25-15-14-23(30-25)26(29)28-17-20-10-7-9-19-8-5-6-11-22(19)20/h5-16H,17H2,1-4H3,(H,28,29). The first-order valence-electron chi connectivity index (χ1n) is 10.4. The largest absolute Gasteiger partial charge is 0.444 e. The van der Waals surface area contributed by atoms with Gasteiger partial charge in [0.15, 0.2) is 10.9 Å². The molecule has 0 bridgehead atoms. The zero-order valence-corrected chi connectivity index (χ0v) is 19.2. The highest BCUT2D eigenvalue weighted by atomic mass is 32.2. The van der Waals surface area contributed by atoms with Crippen LogP contribution in [0, 0.1) is 6.92 Å². The molecular formula is C27H27NO2S. The van der Waals surface area contributed by atoms with Crippen LogP contribution < -0.4 is 5.32 Å². The molecule has 0 spiro atoms. The molecule has 1 N–H and O–H groups in total. The summed E-state index contributed by atoms with van der Waals surface area (Å²) in [5.74, 6) is 0.118. The Morgan fingerprint density at radius 3 is 2.55 bits per heavy atom. The van der Waals surface area contributed by atoms with E-state index < -0.39 is 0 Å². The van der Waals surface area contributed by atoms with Crippen LogP contribution in [0.1, 0.15) is 48.0 Å². The van der Waals surface area contributed by atoms with Crippen LogP contribution in [0.5, 0.6) is 0 Å². The molecule has 0 aliphatic rings. The first-order valence-corrected chi connectivity index (χ1v) is 11.3. The van der Waals surface area contributed by atoms with Crippen molar-refractivity contribution in [1.29, 1.82) is 0 Å². The van der Waals surface area contributed by atoms with Gasteiger partial charge in [0, 0.05) is 11.4 Å². The van der Waals surface area contributed by atoms with E-state index in [9.17, 15) is 4.79 Å². The summed E-state index contributed by atoms with van der Waals surface area (Å²) < 4.78 is 5.86. The molecule has 1 aromatic heterocycles. The van der Waals surface area contributed by atoms with E-state index in [0.717, 1.165) is 15.8 Å². The highest BCUT2D eigenvalue weighted by Gasteiger charge is 2.17. The molecule has 0 fully saturated rings. The number of amides is 1. The Morgan fingerprint density at radius 1 is 0.968 bits per heavy atom. The molecule has 3 aromatic carbocycles. The average molecular weight is 430 g/mol. The summed E-state index contributed by atoms with van der Waals surface area (Å²) in [6.07, 6.45) is 0. The van der Waals surface area contributed by atoms with E-state index in [1.807, 2.05) is 30.3 Å². The van der Waals surface area contributed by atoms with Crippen molar-refractivity contribution in [3.8, 4) is 0 Å². The van der Waals surface area contributed by atoms with Crippen LogP contribution in [-0.4, -0.2) is 5.91 Å². The van der Waals surface area contributed by atoms with Crippen LogP contribution in [0.15, 0.2) is 87.2 Å². The predicted molar refractivity (Wildman–Crippen MR) is 128 cm³/mol. The molecule has 0 radical (unpaired) electrons. The van der Waals surface area contributed by atoms with Crippen LogP contribution in [0.3, 0.4) is 0 Å². The van der Waals surface area contributed by atoms with E-state index in [4.69, 9.17) is 4.42 Å². The highest BCUT2D eigenvalue weighted by molar-refractivity contribution is 7.99. The van der Waals surface area contributed by atoms with E-state index in [2.05, 4.69) is 69.4 Å². The zero-order valence-electron chi connectivity index (χ0n) is 18.4. The molecule has 0 atom stereocenters. The Hall–Kier alpha value is -2.98. The lowest BCUT2D eigenvalue weighted by atomic mass is 9.87. The third-order valence-electron chi connectivity index (χ3n) is 5.39. The summed E-state index contributed by atoms with van der Waals surface area (Å²) in [7, 11) is 0. The van der Waals surface area contributed by atoms with E-state index >= 15 is 0 Å². The fraction of sp³-hybridized carbons (Fsp3) is 0.222. The molecule has 31 heavy (non-hydrogen) atoms. The Balaban J connectivity index is 1.46. The molecule has 4 heteroatoms. The van der Waals surface area contributed by atoms with Crippen LogP contribution in [0.25, 0.3) is 10.8 Å². The number of hydrogen-bond donors (Lipinski definition) is 1. The van der Waals surface area contributed by atoms with Crippen LogP contribution in [-0.2, 0) is 12.0 Å². The van der Waals surface area contributed by atoms with Gasteiger partial charge in [-0.25, -0.2) is 0 Å². The predicted octanol–water partition coefficient (Wildman–Crippen LogP) is 7.12. The van der Waals surface area contributed by atoms with Gasteiger partial charge in [-0.05, 0) is 58.0 Å². The van der Waals surface area contributed by atoms with Crippen LogP contribution >= 0.6 is 11.8 Å². The van der Waals surface area contributed by atoms with Crippen LogP contribution in [0.2, 0.25) is 0 Å². The van der Waals surface area contributed by atoms with Crippen molar-refractivity contribution in [3.05, 3.63) is 95.2 Å². The summed E-state index contributed by atoms with van der Waals surface area (Å²) in [5, 5.41) is 6.01. The van der Waals surface area contributed by atoms with Crippen molar-refractivity contribution >= 4 is 28.4 Å². The van der Waals surface area contributed by atoms with Crippen molar-refractivity contribution in [2.75, 3.05) is 0 Å². The maximum absolute atomic E-state index is 12.7. The number of aryl methyl sites for hydroxylation is 1. The van der Waals surface area contributed by atoms with E-state index in [0.29, 0.717) is 17.4 Å². The van der Waals surface area contributed by atoms with Crippen molar-refractivity contribution in [2.45, 2.75) is 49.6 Å². The lowest BCUT2D eigenvalue weighted by Crippen LogP contribution is -2.22. The first-order chi connectivity index (χ1) is 14.8. The zero-order chi connectivity index (χ0) is 22.0. The van der Waals surface area contributed by atoms with Gasteiger partial charge < -0.3 is 9.73 Å². The molecule has 0 unspecified atom stereocenters. The molecule has 3 nitrogen and oxygen atoms in total. The summed E-state index contributed by atoms with van der Waals surface area (Å²) in [6, 6.07) is 24.4. The first kappa shape index (κ1) is 21.3. The van der Waals surface area contributed by atoms with Crippen molar-refractivity contribution in [1.82, 2.24) is 5.32 Å². The lowest BCUT2D eigenvalue weighted by Gasteiger charge is -2.20. The number of hydrogen-bond acceptors (Lipinski definition) is 3. The minimum absolute atomic E-state index is 0.0822. The molecule has 4 rings (SSSR count). The highest BCUT2D eigenvalue weighted by Crippen LogP contribution is 2.35. The monoisotopic (exact) mass is 429 g/mol. The van der Waals surface area contributed by atoms with Crippen LogP contribution in [0.4, 0.5) is 0 Å². The summed E-state index contributed by atoms with van der Waals surface area (Å²) in [4.78, 5) is 13.8. The normalized spacial score (nSPS) is 11.6. The Labute approximate surface area is 187 Å². The average Bonchev–Trinajstić information content (AvgIpc) is 3.21. The van der Waals surface area contributed by atoms with Gasteiger partial charge in [0.25, 0.3) is 5.91 Å². The van der Waals surface area contributed by atoms with Crippen molar-refractivity contribution < 1.29 is 9.21 Å². The summed E-state index contributed by atoms with van der Waals surface area (Å²) in [6.45, 7) is 9.16. The molecule has 0 aliphatic heterocycles. The molecule has 1 heterocycles. The SMILES string of the molecule is Cc1ccc(C(C)(C)C)cc1Sc1ccc(C(=O)NCc2cccc3ccccc23)o1. The topological polar surface area (TPSA) is 42.2 Å². The molecule has 0 saturated heterocycles. The smallest absolute Gasteiger partial charge is 0.287 e. The number of furan rings is 1. The Bertz CT molecular complexity index is 1230. The molecule has 1 amide bonds. The molecule has 0 aliphatic carbocycles.